The molecule has 1 saturated heterocycles. The Balaban J connectivity index is 2.16. The Hall–Kier alpha value is -0.240. The second-order valence-corrected chi connectivity index (χ2v) is 9.73. The molecular formula is C13H14Cl4N2O3S. The first-order valence-corrected chi connectivity index (χ1v) is 9.61. The predicted octanol–water partition coefficient (Wildman–Crippen LogP) is 2.85. The summed E-state index contributed by atoms with van der Waals surface area (Å²) in [6, 6.07) is 4.70. The van der Waals surface area contributed by atoms with Crippen molar-refractivity contribution in [2.24, 2.45) is 0 Å². The fourth-order valence-corrected chi connectivity index (χ4v) is 4.57. The molecule has 0 aliphatic carbocycles. The van der Waals surface area contributed by atoms with Gasteiger partial charge in [-0.2, -0.15) is 4.31 Å². The number of rotatable bonds is 2. The van der Waals surface area contributed by atoms with Crippen molar-refractivity contribution in [2.75, 3.05) is 26.2 Å². The number of carbonyl (C=O) groups excluding carboxylic acids is 1. The van der Waals surface area contributed by atoms with Gasteiger partial charge in [-0.15, -0.1) is 0 Å². The molecule has 128 valence electrons. The summed E-state index contributed by atoms with van der Waals surface area (Å²) in [5, 5.41) is 0.346. The maximum absolute atomic E-state index is 12.7. The van der Waals surface area contributed by atoms with Crippen LogP contribution in [-0.2, 0) is 14.8 Å². The zero-order chi connectivity index (χ0) is 17.4. The van der Waals surface area contributed by atoms with E-state index in [2.05, 4.69) is 0 Å². The fraction of sp³-hybridized carbons (Fsp3) is 0.462. The number of benzene rings is 1. The minimum Gasteiger partial charge on any atom is -0.336 e. The largest absolute Gasteiger partial charge is 0.336 e. The van der Waals surface area contributed by atoms with Crippen molar-refractivity contribution in [2.45, 2.75) is 15.6 Å². The highest BCUT2D eigenvalue weighted by Crippen LogP contribution is 2.30. The van der Waals surface area contributed by atoms with Crippen molar-refractivity contribution in [1.82, 2.24) is 9.21 Å². The number of hydrogen-bond acceptors (Lipinski definition) is 3. The third-order valence-corrected chi connectivity index (χ3v) is 6.30. The molecule has 1 aromatic rings. The van der Waals surface area contributed by atoms with E-state index in [9.17, 15) is 13.2 Å². The standard InChI is InChI=1S/C13H14Cl4N2O3S/c1-9-2-3-10(14)8-11(9)23(21,22)19-6-4-18(5-7-19)12(20)13(15,16)17/h2-3,8H,4-7H2,1H3. The third-order valence-electron chi connectivity index (χ3n) is 3.54. The van der Waals surface area contributed by atoms with Crippen LogP contribution in [0.4, 0.5) is 0 Å². The number of aryl methyl sites for hydroxylation is 1. The first kappa shape index (κ1) is 19.1. The lowest BCUT2D eigenvalue weighted by atomic mass is 10.2. The normalized spacial score (nSPS) is 17.3. The number of carbonyl (C=O) groups is 1. The highest BCUT2D eigenvalue weighted by atomic mass is 35.6. The van der Waals surface area contributed by atoms with Crippen LogP contribution in [-0.4, -0.2) is 53.5 Å². The SMILES string of the molecule is Cc1ccc(Cl)cc1S(=O)(=O)N1CCN(C(=O)C(Cl)(Cl)Cl)CC1. The Kier molecular flexibility index (Phi) is 5.76. The topological polar surface area (TPSA) is 57.7 Å². The van der Waals surface area contributed by atoms with Gasteiger partial charge >= 0.3 is 0 Å². The molecule has 0 bridgehead atoms. The number of alkyl halides is 3. The molecule has 5 nitrogen and oxygen atoms in total. The molecule has 0 radical (unpaired) electrons. The predicted molar refractivity (Wildman–Crippen MR) is 91.8 cm³/mol. The number of halogens is 4. The molecule has 0 spiro atoms. The highest BCUT2D eigenvalue weighted by molar-refractivity contribution is 7.89. The summed E-state index contributed by atoms with van der Waals surface area (Å²) in [4.78, 5) is 13.4. The van der Waals surface area contributed by atoms with Gasteiger partial charge in [0.2, 0.25) is 10.0 Å². The van der Waals surface area contributed by atoms with Crippen LogP contribution in [0.15, 0.2) is 23.1 Å². The van der Waals surface area contributed by atoms with E-state index in [0.29, 0.717) is 10.6 Å². The summed E-state index contributed by atoms with van der Waals surface area (Å²) in [6.45, 7) is 2.27. The lowest BCUT2D eigenvalue weighted by Crippen LogP contribution is -2.53. The number of nitrogens with zero attached hydrogens (tertiary/aromatic N) is 2. The van der Waals surface area contributed by atoms with Gasteiger partial charge in [-0.25, -0.2) is 8.42 Å². The van der Waals surface area contributed by atoms with Crippen LogP contribution in [0.2, 0.25) is 5.02 Å². The average molecular weight is 420 g/mol. The third kappa shape index (κ3) is 4.24. The molecule has 1 heterocycles. The van der Waals surface area contributed by atoms with Crippen LogP contribution in [0.25, 0.3) is 0 Å². The van der Waals surface area contributed by atoms with E-state index in [1.165, 1.54) is 15.3 Å². The molecule has 1 aliphatic rings. The van der Waals surface area contributed by atoms with E-state index in [1.807, 2.05) is 0 Å². The molecule has 1 aliphatic heterocycles. The van der Waals surface area contributed by atoms with Gasteiger partial charge in [0.05, 0.1) is 4.90 Å². The van der Waals surface area contributed by atoms with Crippen molar-refractivity contribution in [1.29, 1.82) is 0 Å². The molecule has 0 saturated carbocycles. The van der Waals surface area contributed by atoms with Gasteiger partial charge in [0.25, 0.3) is 9.70 Å². The molecule has 10 heteroatoms. The first-order valence-electron chi connectivity index (χ1n) is 6.66. The summed E-state index contributed by atoms with van der Waals surface area (Å²) in [7, 11) is -3.69. The lowest BCUT2D eigenvalue weighted by molar-refractivity contribution is -0.131. The van der Waals surface area contributed by atoms with E-state index in [1.54, 1.807) is 19.1 Å². The van der Waals surface area contributed by atoms with Gasteiger partial charge in [-0.1, -0.05) is 52.5 Å². The van der Waals surface area contributed by atoms with Gasteiger partial charge in [0, 0.05) is 31.2 Å². The minimum absolute atomic E-state index is 0.126. The smallest absolute Gasteiger partial charge is 0.274 e. The number of amides is 1. The number of hydrogen-bond donors (Lipinski definition) is 0. The summed E-state index contributed by atoms with van der Waals surface area (Å²) < 4.78 is 24.7. The molecule has 0 unspecified atom stereocenters. The molecule has 0 N–H and O–H groups in total. The van der Waals surface area contributed by atoms with Crippen LogP contribution in [0.5, 0.6) is 0 Å². The van der Waals surface area contributed by atoms with E-state index >= 15 is 0 Å². The maximum Gasteiger partial charge on any atom is 0.274 e. The molecule has 1 amide bonds. The van der Waals surface area contributed by atoms with E-state index in [-0.39, 0.29) is 31.1 Å². The van der Waals surface area contributed by atoms with Crippen molar-refractivity contribution in [3.8, 4) is 0 Å². The van der Waals surface area contributed by atoms with Crippen LogP contribution in [0.3, 0.4) is 0 Å². The number of piperazine rings is 1. The van der Waals surface area contributed by atoms with E-state index in [0.717, 1.165) is 0 Å². The average Bonchev–Trinajstić information content (AvgIpc) is 2.48. The van der Waals surface area contributed by atoms with E-state index in [4.69, 9.17) is 46.4 Å². The van der Waals surface area contributed by atoms with Crippen LogP contribution >= 0.6 is 46.4 Å². The number of sulfonamides is 1. The molecule has 1 aromatic carbocycles. The second-order valence-electron chi connectivity index (χ2n) is 5.10. The Morgan fingerprint density at radius 3 is 2.22 bits per heavy atom. The summed E-state index contributed by atoms with van der Waals surface area (Å²) in [6.07, 6.45) is 0. The zero-order valence-corrected chi connectivity index (χ0v) is 15.9. The van der Waals surface area contributed by atoms with Gasteiger partial charge < -0.3 is 4.90 Å². The Morgan fingerprint density at radius 2 is 1.70 bits per heavy atom. The first-order chi connectivity index (χ1) is 10.5. The zero-order valence-electron chi connectivity index (χ0n) is 12.1. The van der Waals surface area contributed by atoms with Gasteiger partial charge in [-0.05, 0) is 24.6 Å². The molecule has 1 fully saturated rings. The Bertz CT molecular complexity index is 710. The molecule has 0 aromatic heterocycles. The minimum atomic E-state index is -3.69. The molecular weight excluding hydrogens is 406 g/mol. The summed E-state index contributed by atoms with van der Waals surface area (Å²) >= 11 is 22.6. The molecule has 23 heavy (non-hydrogen) atoms. The highest BCUT2D eigenvalue weighted by Gasteiger charge is 2.38. The van der Waals surface area contributed by atoms with Gasteiger partial charge in [0.15, 0.2) is 0 Å². The van der Waals surface area contributed by atoms with Gasteiger partial charge in [-0.3, -0.25) is 4.79 Å². The monoisotopic (exact) mass is 418 g/mol. The van der Waals surface area contributed by atoms with Crippen molar-refractivity contribution >= 4 is 62.3 Å². The van der Waals surface area contributed by atoms with Crippen LogP contribution in [0.1, 0.15) is 5.56 Å². The fourth-order valence-electron chi connectivity index (χ4n) is 2.30. The summed E-state index contributed by atoms with van der Waals surface area (Å²) in [5.74, 6) is -0.654. The van der Waals surface area contributed by atoms with E-state index < -0.39 is 19.7 Å². The van der Waals surface area contributed by atoms with Crippen molar-refractivity contribution < 1.29 is 13.2 Å². The molecule has 2 rings (SSSR count). The van der Waals surface area contributed by atoms with Gasteiger partial charge in [0.1, 0.15) is 0 Å². The maximum atomic E-state index is 12.7. The molecule has 0 atom stereocenters. The Morgan fingerprint density at radius 1 is 1.13 bits per heavy atom. The van der Waals surface area contributed by atoms with Crippen LogP contribution in [0, 0.1) is 6.92 Å². The lowest BCUT2D eigenvalue weighted by Gasteiger charge is -2.35. The van der Waals surface area contributed by atoms with Crippen LogP contribution < -0.4 is 0 Å². The Labute approximate surface area is 155 Å². The quantitative estimate of drug-likeness (QED) is 0.692. The second kappa shape index (κ2) is 6.94. The van der Waals surface area contributed by atoms with Crippen molar-refractivity contribution in [3.63, 3.8) is 0 Å². The summed E-state index contributed by atoms with van der Waals surface area (Å²) in [5.41, 5.74) is 0.606. The van der Waals surface area contributed by atoms with Crippen molar-refractivity contribution in [3.05, 3.63) is 28.8 Å².